The Morgan fingerprint density at radius 1 is 1.17 bits per heavy atom. The van der Waals surface area contributed by atoms with Gasteiger partial charge in [-0.3, -0.25) is 4.40 Å². The van der Waals surface area contributed by atoms with Gasteiger partial charge >= 0.3 is 0 Å². The summed E-state index contributed by atoms with van der Waals surface area (Å²) in [5.74, 6) is 0.695. The molecule has 7 heteroatoms. The number of nitrogens with zero attached hydrogens (tertiary/aromatic N) is 5. The number of aromatic nitrogens is 4. The van der Waals surface area contributed by atoms with Gasteiger partial charge in [-0.15, -0.1) is 11.3 Å². The SMILES string of the molecule is Cc1nc2ncccn2c1-c1csc(N(C)c2ccc(Br)cc2)n1. The van der Waals surface area contributed by atoms with Crippen molar-refractivity contribution in [2.45, 2.75) is 6.92 Å². The molecular formula is C17H14BrN5S. The van der Waals surface area contributed by atoms with Crippen LogP contribution in [-0.2, 0) is 0 Å². The number of hydrogen-bond acceptors (Lipinski definition) is 5. The van der Waals surface area contributed by atoms with Gasteiger partial charge in [0.25, 0.3) is 0 Å². The van der Waals surface area contributed by atoms with Crippen LogP contribution in [0.15, 0.2) is 52.6 Å². The third kappa shape index (κ3) is 2.59. The Morgan fingerprint density at radius 3 is 2.75 bits per heavy atom. The fourth-order valence-electron chi connectivity index (χ4n) is 2.61. The highest BCUT2D eigenvalue weighted by molar-refractivity contribution is 9.10. The molecule has 0 aliphatic carbocycles. The molecule has 0 fully saturated rings. The van der Waals surface area contributed by atoms with E-state index in [0.717, 1.165) is 32.4 Å². The van der Waals surface area contributed by atoms with E-state index in [4.69, 9.17) is 4.98 Å². The lowest BCUT2D eigenvalue weighted by Crippen LogP contribution is -2.08. The highest BCUT2D eigenvalue weighted by atomic mass is 79.9. The Kier molecular flexibility index (Phi) is 3.82. The number of hydrogen-bond donors (Lipinski definition) is 0. The first-order valence-electron chi connectivity index (χ1n) is 7.38. The van der Waals surface area contributed by atoms with Gasteiger partial charge in [0.15, 0.2) is 5.13 Å². The third-order valence-corrected chi connectivity index (χ3v) is 5.26. The molecule has 0 saturated heterocycles. The second-order valence-electron chi connectivity index (χ2n) is 5.39. The van der Waals surface area contributed by atoms with Crippen LogP contribution in [-0.4, -0.2) is 26.4 Å². The van der Waals surface area contributed by atoms with Crippen molar-refractivity contribution >= 4 is 43.9 Å². The zero-order chi connectivity index (χ0) is 16.7. The predicted octanol–water partition coefficient (Wildman–Crippen LogP) is 4.69. The molecule has 0 amide bonds. The summed E-state index contributed by atoms with van der Waals surface area (Å²) in [4.78, 5) is 15.7. The van der Waals surface area contributed by atoms with Gasteiger partial charge in [0.2, 0.25) is 5.78 Å². The van der Waals surface area contributed by atoms with Gasteiger partial charge in [-0.1, -0.05) is 15.9 Å². The van der Waals surface area contributed by atoms with E-state index >= 15 is 0 Å². The van der Waals surface area contributed by atoms with Gasteiger partial charge in [-0.2, -0.15) is 0 Å². The van der Waals surface area contributed by atoms with Crippen LogP contribution in [0.2, 0.25) is 0 Å². The summed E-state index contributed by atoms with van der Waals surface area (Å²) in [6, 6.07) is 10.1. The van der Waals surface area contributed by atoms with E-state index in [1.54, 1.807) is 17.5 Å². The summed E-state index contributed by atoms with van der Waals surface area (Å²) in [5.41, 5.74) is 3.93. The monoisotopic (exact) mass is 399 g/mol. The number of benzene rings is 1. The Morgan fingerprint density at radius 2 is 1.96 bits per heavy atom. The molecule has 0 saturated carbocycles. The number of imidazole rings is 1. The summed E-state index contributed by atoms with van der Waals surface area (Å²) in [7, 11) is 2.02. The predicted molar refractivity (Wildman–Crippen MR) is 101 cm³/mol. The lowest BCUT2D eigenvalue weighted by Gasteiger charge is -2.15. The molecule has 0 atom stereocenters. The van der Waals surface area contributed by atoms with Crippen molar-refractivity contribution in [3.63, 3.8) is 0 Å². The molecule has 4 aromatic rings. The smallest absolute Gasteiger partial charge is 0.234 e. The molecule has 1 aromatic carbocycles. The lowest BCUT2D eigenvalue weighted by atomic mass is 10.3. The van der Waals surface area contributed by atoms with Crippen LogP contribution < -0.4 is 4.90 Å². The van der Waals surface area contributed by atoms with E-state index in [1.165, 1.54) is 0 Å². The van der Waals surface area contributed by atoms with Gasteiger partial charge in [0.1, 0.15) is 5.69 Å². The zero-order valence-corrected chi connectivity index (χ0v) is 15.5. The molecule has 0 unspecified atom stereocenters. The molecule has 120 valence electrons. The Bertz CT molecular complexity index is 1010. The van der Waals surface area contributed by atoms with Crippen LogP contribution >= 0.6 is 27.3 Å². The average molecular weight is 400 g/mol. The zero-order valence-electron chi connectivity index (χ0n) is 13.1. The molecule has 0 bridgehead atoms. The molecule has 3 aromatic heterocycles. The van der Waals surface area contributed by atoms with Crippen molar-refractivity contribution in [2.24, 2.45) is 0 Å². The van der Waals surface area contributed by atoms with Gasteiger partial charge in [0.05, 0.1) is 11.4 Å². The average Bonchev–Trinajstić information content (AvgIpc) is 3.18. The molecule has 0 N–H and O–H groups in total. The standard InChI is InChI=1S/C17H14BrN5S/c1-11-15(23-9-3-8-19-16(23)20-11)14-10-24-17(21-14)22(2)13-6-4-12(18)5-7-13/h3-10H,1-2H3. The topological polar surface area (TPSA) is 46.3 Å². The fourth-order valence-corrected chi connectivity index (χ4v) is 3.67. The van der Waals surface area contributed by atoms with Crippen molar-refractivity contribution in [2.75, 3.05) is 11.9 Å². The highest BCUT2D eigenvalue weighted by Gasteiger charge is 2.16. The maximum absolute atomic E-state index is 4.81. The molecular weight excluding hydrogens is 386 g/mol. The van der Waals surface area contributed by atoms with Crippen molar-refractivity contribution in [1.82, 2.24) is 19.4 Å². The number of halogens is 1. The van der Waals surface area contributed by atoms with Crippen LogP contribution in [0.1, 0.15) is 5.69 Å². The van der Waals surface area contributed by atoms with E-state index in [1.807, 2.05) is 42.8 Å². The Balaban J connectivity index is 1.74. The van der Waals surface area contributed by atoms with Gasteiger partial charge < -0.3 is 4.90 Å². The maximum Gasteiger partial charge on any atom is 0.234 e. The number of anilines is 2. The molecule has 3 heterocycles. The van der Waals surface area contributed by atoms with Crippen LogP contribution in [0.25, 0.3) is 17.2 Å². The summed E-state index contributed by atoms with van der Waals surface area (Å²) in [6.45, 7) is 1.99. The first-order chi connectivity index (χ1) is 11.6. The van der Waals surface area contributed by atoms with Crippen molar-refractivity contribution in [1.29, 1.82) is 0 Å². The molecule has 5 nitrogen and oxygen atoms in total. The van der Waals surface area contributed by atoms with Crippen molar-refractivity contribution in [3.05, 3.63) is 58.3 Å². The first kappa shape index (κ1) is 15.3. The second kappa shape index (κ2) is 5.99. The summed E-state index contributed by atoms with van der Waals surface area (Å²) in [5, 5.41) is 3.00. The highest BCUT2D eigenvalue weighted by Crippen LogP contribution is 2.32. The minimum atomic E-state index is 0.695. The van der Waals surface area contributed by atoms with Crippen LogP contribution in [0.3, 0.4) is 0 Å². The van der Waals surface area contributed by atoms with Crippen molar-refractivity contribution in [3.8, 4) is 11.4 Å². The van der Waals surface area contributed by atoms with E-state index in [2.05, 4.69) is 48.3 Å². The Hall–Kier alpha value is -2.25. The van der Waals surface area contributed by atoms with Gasteiger partial charge in [-0.05, 0) is 37.3 Å². The Labute approximate surface area is 151 Å². The third-order valence-electron chi connectivity index (χ3n) is 3.81. The van der Waals surface area contributed by atoms with Gasteiger partial charge in [-0.25, -0.2) is 15.0 Å². The quantitative estimate of drug-likeness (QED) is 0.501. The first-order valence-corrected chi connectivity index (χ1v) is 9.05. The van der Waals surface area contributed by atoms with E-state index in [0.29, 0.717) is 5.78 Å². The van der Waals surface area contributed by atoms with Crippen LogP contribution in [0.4, 0.5) is 10.8 Å². The number of aryl methyl sites for hydroxylation is 1. The molecule has 4 rings (SSSR count). The van der Waals surface area contributed by atoms with Crippen LogP contribution in [0, 0.1) is 6.92 Å². The second-order valence-corrected chi connectivity index (χ2v) is 7.14. The molecule has 0 aliphatic rings. The van der Waals surface area contributed by atoms with Crippen molar-refractivity contribution < 1.29 is 0 Å². The van der Waals surface area contributed by atoms with Gasteiger partial charge in [0, 0.05) is 35.0 Å². The summed E-state index contributed by atoms with van der Waals surface area (Å²) < 4.78 is 3.04. The minimum absolute atomic E-state index is 0.695. The molecule has 24 heavy (non-hydrogen) atoms. The fraction of sp³-hybridized carbons (Fsp3) is 0.118. The maximum atomic E-state index is 4.81. The summed E-state index contributed by atoms with van der Waals surface area (Å²) in [6.07, 6.45) is 3.72. The minimum Gasteiger partial charge on any atom is -0.321 e. The molecule has 0 aliphatic heterocycles. The van der Waals surface area contributed by atoms with E-state index in [9.17, 15) is 0 Å². The molecule has 0 radical (unpaired) electrons. The molecule has 0 spiro atoms. The van der Waals surface area contributed by atoms with E-state index in [-0.39, 0.29) is 0 Å². The number of rotatable bonds is 3. The normalized spacial score (nSPS) is 11.1. The summed E-state index contributed by atoms with van der Waals surface area (Å²) >= 11 is 5.08. The van der Waals surface area contributed by atoms with E-state index < -0.39 is 0 Å². The van der Waals surface area contributed by atoms with Crippen LogP contribution in [0.5, 0.6) is 0 Å². The lowest BCUT2D eigenvalue weighted by molar-refractivity contribution is 1.10. The largest absolute Gasteiger partial charge is 0.321 e. The number of thiazole rings is 1. The number of fused-ring (bicyclic) bond motifs is 1.